The van der Waals surface area contributed by atoms with Crippen LogP contribution in [0, 0.1) is 35.5 Å². The highest BCUT2D eigenvalue weighted by atomic mass is 35.5. The lowest BCUT2D eigenvalue weighted by molar-refractivity contribution is -0.394. The molecule has 4 aliphatic heterocycles. The summed E-state index contributed by atoms with van der Waals surface area (Å²) in [6.07, 6.45) is -5.96. The summed E-state index contributed by atoms with van der Waals surface area (Å²) in [4.78, 5) is 13.8. The molecule has 5 rings (SSSR count). The van der Waals surface area contributed by atoms with Crippen molar-refractivity contribution >= 4 is 17.6 Å². The van der Waals surface area contributed by atoms with Gasteiger partial charge in [0.25, 0.3) is 0 Å². The van der Waals surface area contributed by atoms with Crippen molar-refractivity contribution in [1.29, 1.82) is 0 Å². The molecule has 0 amide bonds. The molecule has 0 aromatic rings. The summed E-state index contributed by atoms with van der Waals surface area (Å²) in [5, 5.41) is 56.4. The fourth-order valence-electron chi connectivity index (χ4n) is 8.29. The van der Waals surface area contributed by atoms with Crippen LogP contribution in [-0.2, 0) is 42.7 Å². The minimum atomic E-state index is -2.04. The number of ether oxygens (including phenoxy) is 8. The summed E-state index contributed by atoms with van der Waals surface area (Å²) in [5.41, 5.74) is -2.86. The number of hydrogen-bond acceptors (Lipinski definition) is 14. The molecule has 4 heterocycles. The SMILES string of the molecule is CO[C@@H]1/C=C(\C)C[C@H](/C=C/C#C[C@H]2C[C@@H]2Cl)OC(=O)[C@@H](C)[C@]2(O)C[C@H](O[C@@H]3O[C@@H](C)[C@H](O[C@@H]4O[C@@H](C)[C@H](O)[C@@](C)(O)[C@H]4O)[C@@](C)(O)[C@H]3OC)[C@@H](C)[C@@H](O2)[C@H]1C. The fourth-order valence-corrected chi connectivity index (χ4v) is 8.54. The molecule has 2 bridgehead atoms. The predicted molar refractivity (Wildman–Crippen MR) is 198 cm³/mol. The maximum atomic E-state index is 13.8. The number of rotatable bonds is 7. The van der Waals surface area contributed by atoms with E-state index in [4.69, 9.17) is 49.5 Å². The van der Waals surface area contributed by atoms with E-state index in [2.05, 4.69) is 11.8 Å². The minimum Gasteiger partial charge on any atom is -0.457 e. The third-order valence-corrected chi connectivity index (χ3v) is 12.6. The van der Waals surface area contributed by atoms with Crippen LogP contribution in [0.5, 0.6) is 0 Å². The topological polar surface area (TPSA) is 192 Å². The van der Waals surface area contributed by atoms with Crippen LogP contribution >= 0.6 is 11.6 Å². The lowest BCUT2D eigenvalue weighted by Crippen LogP contribution is -2.70. The number of aliphatic hydroxyl groups is 5. The highest BCUT2D eigenvalue weighted by Crippen LogP contribution is 2.45. The van der Waals surface area contributed by atoms with Crippen LogP contribution in [0.1, 0.15) is 74.7 Å². The molecule has 5 aliphatic rings. The third kappa shape index (κ3) is 9.31. The number of alkyl halides is 1. The van der Waals surface area contributed by atoms with Crippen molar-refractivity contribution in [2.75, 3.05) is 14.2 Å². The van der Waals surface area contributed by atoms with Crippen molar-refractivity contribution in [2.45, 2.75) is 171 Å². The van der Waals surface area contributed by atoms with Crippen molar-refractivity contribution in [3.8, 4) is 11.8 Å². The monoisotopic (exact) mass is 800 g/mol. The Labute approximate surface area is 329 Å². The normalized spacial score (nSPS) is 51.8. The molecule has 15 heteroatoms. The van der Waals surface area contributed by atoms with Crippen LogP contribution in [0.4, 0.5) is 0 Å². The Kier molecular flexibility index (Phi) is 14.0. The van der Waals surface area contributed by atoms with E-state index in [0.717, 1.165) is 12.0 Å². The first-order valence-electron chi connectivity index (χ1n) is 19.2. The van der Waals surface area contributed by atoms with Crippen LogP contribution in [0.25, 0.3) is 0 Å². The van der Waals surface area contributed by atoms with Crippen LogP contribution in [0.3, 0.4) is 0 Å². The molecule has 20 atom stereocenters. The van der Waals surface area contributed by atoms with Crippen LogP contribution in [-0.4, -0.2) is 142 Å². The van der Waals surface area contributed by atoms with Crippen molar-refractivity contribution in [3.05, 3.63) is 23.8 Å². The van der Waals surface area contributed by atoms with Gasteiger partial charge in [-0.05, 0) is 60.1 Å². The highest BCUT2D eigenvalue weighted by molar-refractivity contribution is 6.22. The Morgan fingerprint density at radius 1 is 0.909 bits per heavy atom. The molecule has 1 saturated carbocycles. The number of esters is 1. The van der Waals surface area contributed by atoms with E-state index in [1.54, 1.807) is 33.1 Å². The van der Waals surface area contributed by atoms with Gasteiger partial charge in [0.1, 0.15) is 47.6 Å². The Hall–Kier alpha value is -1.68. The van der Waals surface area contributed by atoms with Crippen LogP contribution in [0.15, 0.2) is 23.8 Å². The lowest BCUT2D eigenvalue weighted by Gasteiger charge is -2.54. The number of aliphatic hydroxyl groups excluding tert-OH is 2. The molecule has 0 radical (unpaired) electrons. The number of cyclic esters (lactones) is 1. The molecule has 4 fully saturated rings. The molecule has 0 unspecified atom stereocenters. The summed E-state index contributed by atoms with van der Waals surface area (Å²) < 4.78 is 48.9. The average molecular weight is 801 g/mol. The Morgan fingerprint density at radius 2 is 1.56 bits per heavy atom. The molecule has 0 aromatic heterocycles. The second kappa shape index (κ2) is 17.3. The van der Waals surface area contributed by atoms with Crippen molar-refractivity contribution in [2.24, 2.45) is 23.7 Å². The van der Waals surface area contributed by atoms with Gasteiger partial charge in [-0.3, -0.25) is 4.79 Å². The van der Waals surface area contributed by atoms with E-state index in [1.807, 2.05) is 26.8 Å². The van der Waals surface area contributed by atoms with Gasteiger partial charge in [0.2, 0.25) is 0 Å². The summed E-state index contributed by atoms with van der Waals surface area (Å²) in [6, 6.07) is 0. The summed E-state index contributed by atoms with van der Waals surface area (Å²) in [5.74, 6) is 1.67. The standard InChI is InChI=1S/C40H61ClO14/c1-19-15-26(14-12-11-13-25-17-27(25)41)52-35(44)22(4)40(47)18-29(21(3)30(55-40)20(2)28(16-19)48-9)53-37-34(49-10)39(8,46)33(24(6)51-37)54-36-32(43)38(7,45)31(42)23(5)50-36/h12,14,16,20-34,36-37,42-43,45-47H,15,17-18H2,1-10H3/b14-12+,19-16+/t20-,21+,22+,23-,24-,25-,26-,27-,28+,29-,30-,31-,32-,33-,34-,36-,37-,38+,39+,40-/m0/s1. The first-order chi connectivity index (χ1) is 25.7. The highest BCUT2D eigenvalue weighted by Gasteiger charge is 2.60. The molecule has 55 heavy (non-hydrogen) atoms. The number of allylic oxidation sites excluding steroid dienone is 1. The zero-order chi connectivity index (χ0) is 40.8. The van der Waals surface area contributed by atoms with Gasteiger partial charge in [-0.2, -0.15) is 0 Å². The van der Waals surface area contributed by atoms with E-state index < -0.39 is 108 Å². The third-order valence-electron chi connectivity index (χ3n) is 12.2. The number of hydrogen-bond donors (Lipinski definition) is 5. The summed E-state index contributed by atoms with van der Waals surface area (Å²) >= 11 is 6.08. The van der Waals surface area contributed by atoms with E-state index >= 15 is 0 Å². The Bertz CT molecular complexity index is 1470. The molecular formula is C40H61ClO14. The Morgan fingerprint density at radius 3 is 2.18 bits per heavy atom. The van der Waals surface area contributed by atoms with Gasteiger partial charge in [-0.1, -0.05) is 37.3 Å². The molecule has 312 valence electrons. The summed E-state index contributed by atoms with van der Waals surface area (Å²) in [7, 11) is 2.98. The number of halogens is 1. The van der Waals surface area contributed by atoms with Crippen LogP contribution < -0.4 is 0 Å². The smallest absolute Gasteiger partial charge is 0.314 e. The second-order valence-corrected chi connectivity index (χ2v) is 17.2. The quantitative estimate of drug-likeness (QED) is 0.109. The lowest BCUT2D eigenvalue weighted by atomic mass is 9.77. The first kappa shape index (κ1) is 44.4. The number of fused-ring (bicyclic) bond motifs is 2. The van der Waals surface area contributed by atoms with E-state index in [-0.39, 0.29) is 23.6 Å². The number of carbonyl (C=O) groups is 1. The van der Waals surface area contributed by atoms with E-state index in [1.165, 1.54) is 27.9 Å². The maximum absolute atomic E-state index is 13.8. The molecule has 0 spiro atoms. The maximum Gasteiger partial charge on any atom is 0.314 e. The molecule has 5 N–H and O–H groups in total. The fraction of sp³-hybridized carbons (Fsp3) is 0.825. The zero-order valence-electron chi connectivity index (χ0n) is 33.5. The summed E-state index contributed by atoms with van der Waals surface area (Å²) in [6.45, 7) is 13.3. The number of carbonyl (C=O) groups excluding carboxylic acids is 1. The molecular weight excluding hydrogens is 740 g/mol. The molecule has 0 aromatic carbocycles. The van der Waals surface area contributed by atoms with Gasteiger partial charge < -0.3 is 63.4 Å². The zero-order valence-corrected chi connectivity index (χ0v) is 34.2. The molecule has 3 saturated heterocycles. The first-order valence-corrected chi connectivity index (χ1v) is 19.7. The van der Waals surface area contributed by atoms with Gasteiger partial charge >= 0.3 is 5.97 Å². The average Bonchev–Trinajstić information content (AvgIpc) is 3.83. The van der Waals surface area contributed by atoms with Gasteiger partial charge in [0, 0.05) is 50.2 Å². The van der Waals surface area contributed by atoms with Gasteiger partial charge in [-0.25, -0.2) is 0 Å². The number of methoxy groups -OCH3 is 2. The van der Waals surface area contributed by atoms with Crippen molar-refractivity contribution in [3.63, 3.8) is 0 Å². The minimum absolute atomic E-state index is 0.0683. The van der Waals surface area contributed by atoms with Crippen molar-refractivity contribution in [1.82, 2.24) is 0 Å². The molecule has 14 nitrogen and oxygen atoms in total. The van der Waals surface area contributed by atoms with Gasteiger partial charge in [0.05, 0.1) is 30.5 Å². The van der Waals surface area contributed by atoms with E-state index in [0.29, 0.717) is 6.42 Å². The van der Waals surface area contributed by atoms with E-state index in [9.17, 15) is 30.3 Å². The Balaban J connectivity index is 1.40. The van der Waals surface area contributed by atoms with Gasteiger partial charge in [-0.15, -0.1) is 11.6 Å². The van der Waals surface area contributed by atoms with Crippen molar-refractivity contribution < 1.29 is 68.2 Å². The molecule has 1 aliphatic carbocycles. The largest absolute Gasteiger partial charge is 0.457 e. The van der Waals surface area contributed by atoms with Crippen LogP contribution in [0.2, 0.25) is 0 Å². The van der Waals surface area contributed by atoms with Gasteiger partial charge in [0.15, 0.2) is 18.4 Å². The predicted octanol–water partition coefficient (Wildman–Crippen LogP) is 2.33. The second-order valence-electron chi connectivity index (χ2n) is 16.6.